The predicted molar refractivity (Wildman–Crippen MR) is 132 cm³/mol. The van der Waals surface area contributed by atoms with Crippen LogP contribution in [0, 0.1) is 6.92 Å². The molecule has 0 bridgehead atoms. The van der Waals surface area contributed by atoms with Gasteiger partial charge in [-0.05, 0) is 54.3 Å². The zero-order valence-corrected chi connectivity index (χ0v) is 19.6. The molecule has 0 saturated heterocycles. The molecule has 0 atom stereocenters. The molecule has 2 heterocycles. The van der Waals surface area contributed by atoms with E-state index >= 15 is 0 Å². The minimum absolute atomic E-state index is 0.327. The molecule has 4 aromatic rings. The van der Waals surface area contributed by atoms with Crippen molar-refractivity contribution in [1.29, 1.82) is 0 Å². The van der Waals surface area contributed by atoms with Gasteiger partial charge in [0.2, 0.25) is 0 Å². The molecule has 1 aliphatic rings. The summed E-state index contributed by atoms with van der Waals surface area (Å²) in [5.41, 5.74) is 4.73. The van der Waals surface area contributed by atoms with Gasteiger partial charge in [-0.2, -0.15) is 0 Å². The summed E-state index contributed by atoms with van der Waals surface area (Å²) in [5.74, 6) is 2.20. The molecule has 0 N–H and O–H groups in total. The topological polar surface area (TPSA) is 61.1 Å². The van der Waals surface area contributed by atoms with Crippen molar-refractivity contribution in [3.63, 3.8) is 0 Å². The van der Waals surface area contributed by atoms with Gasteiger partial charge in [0, 0.05) is 18.5 Å². The van der Waals surface area contributed by atoms with Crippen LogP contribution in [0.15, 0.2) is 69.9 Å². The Kier molecular flexibility index (Phi) is 5.99. The van der Waals surface area contributed by atoms with E-state index in [9.17, 15) is 4.79 Å². The third-order valence-corrected chi connectivity index (χ3v) is 6.41. The number of nitrogens with zero attached hydrogens (tertiary/aromatic N) is 1. The molecule has 6 heteroatoms. The van der Waals surface area contributed by atoms with E-state index < -0.39 is 0 Å². The highest BCUT2D eigenvalue weighted by molar-refractivity contribution is 5.90. The zero-order chi connectivity index (χ0) is 23.7. The summed E-state index contributed by atoms with van der Waals surface area (Å²) < 4.78 is 22.7. The van der Waals surface area contributed by atoms with Crippen LogP contribution in [-0.4, -0.2) is 32.4 Å². The SMILES string of the molecule is COc1ccc(CCN2COc3ccc4c(C)c(-c5ccccc5)c(=O)oc4c3C2)cc1OC. The second kappa shape index (κ2) is 9.23. The minimum Gasteiger partial charge on any atom is -0.493 e. The van der Waals surface area contributed by atoms with Crippen molar-refractivity contribution in [3.05, 3.63) is 87.8 Å². The van der Waals surface area contributed by atoms with Crippen LogP contribution in [0.5, 0.6) is 17.2 Å². The van der Waals surface area contributed by atoms with Crippen LogP contribution in [0.1, 0.15) is 16.7 Å². The molecule has 0 saturated carbocycles. The largest absolute Gasteiger partial charge is 0.493 e. The molecular formula is C28H27NO5. The Morgan fingerprint density at radius 3 is 2.53 bits per heavy atom. The molecule has 0 unspecified atom stereocenters. The number of ether oxygens (including phenoxy) is 3. The Morgan fingerprint density at radius 1 is 0.971 bits per heavy atom. The van der Waals surface area contributed by atoms with Crippen LogP contribution in [0.4, 0.5) is 0 Å². The second-order valence-corrected chi connectivity index (χ2v) is 8.44. The molecule has 34 heavy (non-hydrogen) atoms. The van der Waals surface area contributed by atoms with Crippen LogP contribution in [-0.2, 0) is 13.0 Å². The van der Waals surface area contributed by atoms with Crippen molar-refractivity contribution in [3.8, 4) is 28.4 Å². The molecule has 174 valence electrons. The number of methoxy groups -OCH3 is 2. The molecule has 0 aliphatic carbocycles. The highest BCUT2D eigenvalue weighted by Crippen LogP contribution is 2.35. The van der Waals surface area contributed by atoms with E-state index in [2.05, 4.69) is 4.90 Å². The van der Waals surface area contributed by atoms with E-state index in [0.29, 0.717) is 30.2 Å². The summed E-state index contributed by atoms with van der Waals surface area (Å²) in [6.07, 6.45) is 0.824. The molecule has 0 amide bonds. The fourth-order valence-corrected chi connectivity index (χ4v) is 4.57. The lowest BCUT2D eigenvalue weighted by Gasteiger charge is -2.29. The minimum atomic E-state index is -0.327. The van der Waals surface area contributed by atoms with Crippen LogP contribution in [0.2, 0.25) is 0 Å². The van der Waals surface area contributed by atoms with Gasteiger partial charge in [-0.1, -0.05) is 36.4 Å². The highest BCUT2D eigenvalue weighted by Gasteiger charge is 2.23. The first-order valence-electron chi connectivity index (χ1n) is 11.3. The van der Waals surface area contributed by atoms with Gasteiger partial charge in [-0.3, -0.25) is 4.90 Å². The zero-order valence-electron chi connectivity index (χ0n) is 19.6. The molecule has 5 rings (SSSR count). The lowest BCUT2D eigenvalue weighted by atomic mass is 9.97. The molecule has 1 aliphatic heterocycles. The number of benzene rings is 3. The van der Waals surface area contributed by atoms with Gasteiger partial charge in [0.1, 0.15) is 18.1 Å². The molecule has 0 fully saturated rings. The first-order valence-corrected chi connectivity index (χ1v) is 11.3. The normalized spacial score (nSPS) is 13.4. The number of rotatable bonds is 6. The van der Waals surface area contributed by atoms with E-state index in [1.165, 1.54) is 0 Å². The van der Waals surface area contributed by atoms with Gasteiger partial charge in [0.25, 0.3) is 0 Å². The lowest BCUT2D eigenvalue weighted by molar-refractivity contribution is 0.0967. The summed E-state index contributed by atoms with van der Waals surface area (Å²) in [4.78, 5) is 15.2. The summed E-state index contributed by atoms with van der Waals surface area (Å²) in [7, 11) is 3.27. The predicted octanol–water partition coefficient (Wildman–Crippen LogP) is 5.18. The standard InChI is InChI=1S/C28H27NO5/c1-18-21-10-12-23-22(27(21)34-28(30)26(18)20-7-5-4-6-8-20)16-29(17-33-23)14-13-19-9-11-24(31-2)25(15-19)32-3/h4-12,15H,13-14,16-17H2,1-3H3. The van der Waals surface area contributed by atoms with Gasteiger partial charge in [0.05, 0.1) is 25.3 Å². The quantitative estimate of drug-likeness (QED) is 0.372. The second-order valence-electron chi connectivity index (χ2n) is 8.44. The number of aryl methyl sites for hydroxylation is 1. The van der Waals surface area contributed by atoms with E-state index in [1.807, 2.05) is 67.6 Å². The molecular weight excluding hydrogens is 430 g/mol. The maximum absolute atomic E-state index is 13.0. The van der Waals surface area contributed by atoms with Crippen molar-refractivity contribution in [2.24, 2.45) is 0 Å². The van der Waals surface area contributed by atoms with E-state index in [1.54, 1.807) is 14.2 Å². The van der Waals surface area contributed by atoms with E-state index in [-0.39, 0.29) is 5.63 Å². The van der Waals surface area contributed by atoms with Gasteiger partial charge in [-0.25, -0.2) is 4.79 Å². The smallest absolute Gasteiger partial charge is 0.344 e. The summed E-state index contributed by atoms with van der Waals surface area (Å²) in [5, 5.41) is 0.933. The van der Waals surface area contributed by atoms with Crippen LogP contribution < -0.4 is 19.8 Å². The third kappa shape index (κ3) is 4.01. The fraction of sp³-hybridized carbons (Fsp3) is 0.250. The monoisotopic (exact) mass is 457 g/mol. The van der Waals surface area contributed by atoms with Gasteiger partial charge < -0.3 is 18.6 Å². The number of hydrogen-bond donors (Lipinski definition) is 0. The molecule has 0 spiro atoms. The van der Waals surface area contributed by atoms with E-state index in [4.69, 9.17) is 18.6 Å². The lowest BCUT2D eigenvalue weighted by Crippen LogP contribution is -2.33. The van der Waals surface area contributed by atoms with Crippen molar-refractivity contribution >= 4 is 11.0 Å². The van der Waals surface area contributed by atoms with Crippen LogP contribution in [0.3, 0.4) is 0 Å². The van der Waals surface area contributed by atoms with Gasteiger partial charge in [-0.15, -0.1) is 0 Å². The average Bonchev–Trinajstić information content (AvgIpc) is 2.87. The summed E-state index contributed by atoms with van der Waals surface area (Å²) in [6.45, 7) is 3.90. The number of fused-ring (bicyclic) bond motifs is 3. The van der Waals surface area contributed by atoms with Crippen molar-refractivity contribution in [1.82, 2.24) is 4.90 Å². The first kappa shape index (κ1) is 22.0. The van der Waals surface area contributed by atoms with Crippen LogP contribution in [0.25, 0.3) is 22.1 Å². The molecule has 0 radical (unpaired) electrons. The van der Waals surface area contributed by atoms with E-state index in [0.717, 1.165) is 52.1 Å². The Balaban J connectivity index is 1.43. The Morgan fingerprint density at radius 2 is 1.76 bits per heavy atom. The Hall–Kier alpha value is -3.77. The first-order chi connectivity index (χ1) is 16.6. The summed E-state index contributed by atoms with van der Waals surface area (Å²) >= 11 is 0. The summed E-state index contributed by atoms with van der Waals surface area (Å²) in [6, 6.07) is 19.6. The molecule has 1 aromatic heterocycles. The third-order valence-electron chi connectivity index (χ3n) is 6.41. The average molecular weight is 458 g/mol. The van der Waals surface area contributed by atoms with Crippen molar-refractivity contribution in [2.45, 2.75) is 19.9 Å². The maximum atomic E-state index is 13.0. The Bertz CT molecular complexity index is 1390. The molecule has 3 aromatic carbocycles. The van der Waals surface area contributed by atoms with Gasteiger partial charge >= 0.3 is 5.63 Å². The molecule has 6 nitrogen and oxygen atoms in total. The maximum Gasteiger partial charge on any atom is 0.344 e. The van der Waals surface area contributed by atoms with Crippen molar-refractivity contribution < 1.29 is 18.6 Å². The van der Waals surface area contributed by atoms with Crippen molar-refractivity contribution in [2.75, 3.05) is 27.5 Å². The highest BCUT2D eigenvalue weighted by atomic mass is 16.5. The fourth-order valence-electron chi connectivity index (χ4n) is 4.57. The van der Waals surface area contributed by atoms with Crippen LogP contribution >= 0.6 is 0 Å². The van der Waals surface area contributed by atoms with Gasteiger partial charge in [0.15, 0.2) is 11.5 Å². The number of hydrogen-bond acceptors (Lipinski definition) is 6. The Labute approximate surface area is 198 Å².